The van der Waals surface area contributed by atoms with Crippen molar-refractivity contribution in [1.82, 2.24) is 9.71 Å². The van der Waals surface area contributed by atoms with Gasteiger partial charge in [-0.05, 0) is 30.2 Å². The Kier molecular flexibility index (Phi) is 3.86. The summed E-state index contributed by atoms with van der Waals surface area (Å²) in [7, 11) is -3.70. The van der Waals surface area contributed by atoms with E-state index in [0.717, 1.165) is 5.56 Å². The van der Waals surface area contributed by atoms with Crippen LogP contribution in [0.5, 0.6) is 0 Å². The number of rotatable bonds is 5. The summed E-state index contributed by atoms with van der Waals surface area (Å²) in [4.78, 5) is 12.9. The molecule has 2 rings (SSSR count). The van der Waals surface area contributed by atoms with E-state index in [-0.39, 0.29) is 17.1 Å². The van der Waals surface area contributed by atoms with Gasteiger partial charge in [0.25, 0.3) is 5.69 Å². The number of aromatic nitrogens is 1. The fraction of sp³-hybridized carbons (Fsp3) is 0.167. The van der Waals surface area contributed by atoms with Crippen molar-refractivity contribution in [1.29, 1.82) is 0 Å². The quantitative estimate of drug-likeness (QED) is 0.647. The topological polar surface area (TPSA) is 105 Å². The summed E-state index contributed by atoms with van der Waals surface area (Å²) < 4.78 is 26.7. The summed E-state index contributed by atoms with van der Waals surface area (Å²) in [6, 6.07) is 5.42. The average molecular weight is 295 g/mol. The van der Waals surface area contributed by atoms with Gasteiger partial charge < -0.3 is 4.98 Å². The molecule has 0 atom stereocenters. The molecule has 1 aromatic heterocycles. The first-order valence-electron chi connectivity index (χ1n) is 5.76. The van der Waals surface area contributed by atoms with Gasteiger partial charge >= 0.3 is 0 Å². The van der Waals surface area contributed by atoms with Crippen LogP contribution in [-0.2, 0) is 16.6 Å². The predicted molar refractivity (Wildman–Crippen MR) is 72.7 cm³/mol. The summed E-state index contributed by atoms with van der Waals surface area (Å²) >= 11 is 0. The first-order chi connectivity index (χ1) is 9.40. The Morgan fingerprint density at radius 2 is 2.10 bits per heavy atom. The van der Waals surface area contributed by atoms with Gasteiger partial charge in [0.15, 0.2) is 0 Å². The van der Waals surface area contributed by atoms with Crippen molar-refractivity contribution < 1.29 is 13.3 Å². The fourth-order valence-corrected chi connectivity index (χ4v) is 3.02. The van der Waals surface area contributed by atoms with Crippen LogP contribution in [0.1, 0.15) is 11.1 Å². The van der Waals surface area contributed by atoms with Crippen molar-refractivity contribution in [3.05, 3.63) is 57.9 Å². The third kappa shape index (κ3) is 3.03. The smallest absolute Gasteiger partial charge is 0.269 e. The number of non-ortho nitro benzene ring substituents is 1. The maximum atomic E-state index is 12.1. The zero-order valence-electron chi connectivity index (χ0n) is 10.7. The molecule has 106 valence electrons. The van der Waals surface area contributed by atoms with Gasteiger partial charge in [0, 0.05) is 31.1 Å². The molecule has 2 N–H and O–H groups in total. The molecule has 8 heteroatoms. The molecule has 0 radical (unpaired) electrons. The number of nitrogens with zero attached hydrogens (tertiary/aromatic N) is 1. The minimum atomic E-state index is -3.70. The van der Waals surface area contributed by atoms with Crippen LogP contribution >= 0.6 is 0 Å². The number of nitrogens with one attached hydrogen (secondary N) is 2. The molecule has 1 aromatic carbocycles. The standard InChI is InChI=1S/C12H13N3O4S/c1-9-6-11(15(16)17)2-3-12(9)20(18,19)14-8-10-4-5-13-7-10/h2-7,13-14H,8H2,1H3. The van der Waals surface area contributed by atoms with Crippen molar-refractivity contribution in [2.75, 3.05) is 0 Å². The molecular formula is C12H13N3O4S. The summed E-state index contributed by atoms with van der Waals surface area (Å²) in [5.41, 5.74) is 1.00. The number of sulfonamides is 1. The number of hydrogen-bond donors (Lipinski definition) is 2. The molecule has 0 aliphatic carbocycles. The predicted octanol–water partition coefficient (Wildman–Crippen LogP) is 1.71. The van der Waals surface area contributed by atoms with E-state index in [4.69, 9.17) is 0 Å². The molecule has 7 nitrogen and oxygen atoms in total. The fourth-order valence-electron chi connectivity index (χ4n) is 1.77. The maximum absolute atomic E-state index is 12.1. The minimum absolute atomic E-state index is 0.0404. The van der Waals surface area contributed by atoms with E-state index >= 15 is 0 Å². The number of nitro benzene ring substituents is 1. The zero-order valence-corrected chi connectivity index (χ0v) is 11.5. The Hall–Kier alpha value is -2.19. The highest BCUT2D eigenvalue weighted by molar-refractivity contribution is 7.89. The second kappa shape index (κ2) is 5.43. The SMILES string of the molecule is Cc1cc([N+](=O)[O-])ccc1S(=O)(=O)NCc1cc[nH]c1. The molecule has 2 aromatic rings. The molecule has 0 saturated carbocycles. The van der Waals surface area contributed by atoms with Crippen LogP contribution in [0.4, 0.5) is 5.69 Å². The van der Waals surface area contributed by atoms with Crippen molar-refractivity contribution in [2.45, 2.75) is 18.4 Å². The van der Waals surface area contributed by atoms with Gasteiger partial charge in [0.05, 0.1) is 9.82 Å². The van der Waals surface area contributed by atoms with Gasteiger partial charge in [-0.3, -0.25) is 10.1 Å². The molecule has 0 amide bonds. The first-order valence-corrected chi connectivity index (χ1v) is 7.25. The van der Waals surface area contributed by atoms with Crippen molar-refractivity contribution in [2.24, 2.45) is 0 Å². The summed E-state index contributed by atoms with van der Waals surface area (Å²) in [5, 5.41) is 10.6. The van der Waals surface area contributed by atoms with Crippen LogP contribution in [0.25, 0.3) is 0 Å². The van der Waals surface area contributed by atoms with Gasteiger partial charge in [-0.25, -0.2) is 13.1 Å². The Bertz CT molecular complexity index is 723. The summed E-state index contributed by atoms with van der Waals surface area (Å²) in [5.74, 6) is 0. The number of nitro groups is 1. The van der Waals surface area contributed by atoms with Crippen LogP contribution < -0.4 is 4.72 Å². The number of aromatic amines is 1. The van der Waals surface area contributed by atoms with E-state index < -0.39 is 14.9 Å². The molecular weight excluding hydrogens is 282 g/mol. The lowest BCUT2D eigenvalue weighted by molar-refractivity contribution is -0.385. The van der Waals surface area contributed by atoms with Crippen LogP contribution in [0.3, 0.4) is 0 Å². The van der Waals surface area contributed by atoms with Gasteiger partial charge in [0.2, 0.25) is 10.0 Å². The molecule has 0 unspecified atom stereocenters. The molecule has 1 heterocycles. The number of H-pyrrole nitrogens is 1. The van der Waals surface area contributed by atoms with Gasteiger partial charge in [0.1, 0.15) is 0 Å². The van der Waals surface area contributed by atoms with Gasteiger partial charge in [-0.1, -0.05) is 0 Å². The number of benzene rings is 1. The summed E-state index contributed by atoms with van der Waals surface area (Å²) in [6.07, 6.45) is 3.38. The minimum Gasteiger partial charge on any atom is -0.367 e. The van der Waals surface area contributed by atoms with Crippen LogP contribution in [-0.4, -0.2) is 18.3 Å². The Morgan fingerprint density at radius 1 is 1.35 bits per heavy atom. The molecule has 0 fully saturated rings. The third-order valence-corrected chi connectivity index (χ3v) is 4.35. The maximum Gasteiger partial charge on any atom is 0.269 e. The molecule has 0 bridgehead atoms. The lowest BCUT2D eigenvalue weighted by Crippen LogP contribution is -2.23. The van der Waals surface area contributed by atoms with Crippen LogP contribution in [0.2, 0.25) is 0 Å². The second-order valence-corrected chi connectivity index (χ2v) is 5.99. The number of hydrogen-bond acceptors (Lipinski definition) is 4. The van der Waals surface area contributed by atoms with Crippen molar-refractivity contribution >= 4 is 15.7 Å². The van der Waals surface area contributed by atoms with E-state index in [9.17, 15) is 18.5 Å². The van der Waals surface area contributed by atoms with Gasteiger partial charge in [-0.2, -0.15) is 0 Å². The highest BCUT2D eigenvalue weighted by Crippen LogP contribution is 2.21. The normalized spacial score (nSPS) is 11.4. The lowest BCUT2D eigenvalue weighted by Gasteiger charge is -2.08. The molecule has 0 aliphatic rings. The van der Waals surface area contributed by atoms with E-state index in [1.54, 1.807) is 18.5 Å². The summed E-state index contributed by atoms with van der Waals surface area (Å²) in [6.45, 7) is 1.68. The Morgan fingerprint density at radius 3 is 2.65 bits per heavy atom. The van der Waals surface area contributed by atoms with Crippen molar-refractivity contribution in [3.63, 3.8) is 0 Å². The first kappa shape index (κ1) is 14.2. The van der Waals surface area contributed by atoms with E-state index in [1.165, 1.54) is 25.1 Å². The average Bonchev–Trinajstić information content (AvgIpc) is 2.89. The molecule has 0 spiro atoms. The van der Waals surface area contributed by atoms with Crippen molar-refractivity contribution in [3.8, 4) is 0 Å². The third-order valence-electron chi connectivity index (χ3n) is 2.79. The van der Waals surface area contributed by atoms with E-state index in [2.05, 4.69) is 9.71 Å². The molecule has 0 aliphatic heterocycles. The Labute approximate surface area is 115 Å². The highest BCUT2D eigenvalue weighted by atomic mass is 32.2. The van der Waals surface area contributed by atoms with Gasteiger partial charge in [-0.15, -0.1) is 0 Å². The number of aryl methyl sites for hydroxylation is 1. The Balaban J connectivity index is 2.23. The molecule has 0 saturated heterocycles. The molecule has 20 heavy (non-hydrogen) atoms. The van der Waals surface area contributed by atoms with Crippen LogP contribution in [0.15, 0.2) is 41.6 Å². The monoisotopic (exact) mass is 295 g/mol. The second-order valence-electron chi connectivity index (χ2n) is 4.25. The van der Waals surface area contributed by atoms with Crippen LogP contribution in [0, 0.1) is 17.0 Å². The van der Waals surface area contributed by atoms with E-state index in [1.807, 2.05) is 0 Å². The largest absolute Gasteiger partial charge is 0.367 e. The lowest BCUT2D eigenvalue weighted by atomic mass is 10.2. The highest BCUT2D eigenvalue weighted by Gasteiger charge is 2.19. The van der Waals surface area contributed by atoms with E-state index in [0.29, 0.717) is 5.56 Å². The zero-order chi connectivity index (χ0) is 14.8.